The second kappa shape index (κ2) is 53.8. The number of hydrogen-bond donors (Lipinski definition) is 2. The van der Waals surface area contributed by atoms with E-state index in [2.05, 4.69) is 59.1 Å². The van der Waals surface area contributed by atoms with E-state index < -0.39 is 50.1 Å². The molecule has 2 unspecified atom stereocenters. The monoisotopic (exact) mass is 2340 g/mol. The highest BCUT2D eigenvalue weighted by Crippen LogP contribution is 2.47. The number of piperazine rings is 5. The Balaban J connectivity index is 0.000000162. The molecular formula is C100H103Cl10N15O10S10. The van der Waals surface area contributed by atoms with Crippen LogP contribution in [0.4, 0.5) is 0 Å². The highest BCUT2D eigenvalue weighted by molar-refractivity contribution is 8.02. The zero-order chi connectivity index (χ0) is 105. The van der Waals surface area contributed by atoms with Crippen LogP contribution in [0.3, 0.4) is 0 Å². The molecule has 2 atom stereocenters. The van der Waals surface area contributed by atoms with Gasteiger partial charge in [0.2, 0.25) is 50.1 Å². The van der Waals surface area contributed by atoms with Gasteiger partial charge in [-0.15, -0.1) is 0 Å². The molecule has 45 heteroatoms. The van der Waals surface area contributed by atoms with Gasteiger partial charge in [-0.25, -0.2) is 42.1 Å². The van der Waals surface area contributed by atoms with Crippen LogP contribution in [0, 0.1) is 56.7 Å². The van der Waals surface area contributed by atoms with E-state index in [0.717, 1.165) is 25.9 Å². The summed E-state index contributed by atoms with van der Waals surface area (Å²) < 4.78 is 142. The van der Waals surface area contributed by atoms with Gasteiger partial charge in [0.05, 0.1) is 108 Å². The molecule has 0 aromatic heterocycles. The molecule has 2 N–H and O–H groups in total. The van der Waals surface area contributed by atoms with Crippen LogP contribution in [-0.4, -0.2) is 226 Å². The lowest BCUT2D eigenvalue weighted by molar-refractivity contribution is 0.130. The van der Waals surface area contributed by atoms with Gasteiger partial charge in [-0.2, -0.15) is 47.8 Å². The average molecular weight is 2350 g/mol. The van der Waals surface area contributed by atoms with Crippen LogP contribution in [0.5, 0.6) is 0 Å². The second-order valence-electron chi connectivity index (χ2n) is 34.5. The van der Waals surface area contributed by atoms with E-state index in [1.54, 1.807) is 156 Å². The van der Waals surface area contributed by atoms with Crippen molar-refractivity contribution in [2.24, 2.45) is 0 Å². The maximum atomic E-state index is 13.6. The summed E-state index contributed by atoms with van der Waals surface area (Å²) in [6, 6.07) is 60.4. The van der Waals surface area contributed by atoms with Gasteiger partial charge in [0.25, 0.3) is 0 Å². The topological polar surface area (TPSA) is 340 Å². The molecular weight excluding hydrogens is 2250 g/mol. The number of halogens is 10. The molecule has 6 aliphatic rings. The Kier molecular flexibility index (Phi) is 43.5. The van der Waals surface area contributed by atoms with Crippen molar-refractivity contribution in [2.75, 3.05) is 118 Å². The lowest BCUT2D eigenvalue weighted by Crippen LogP contribution is -2.55. The molecule has 145 heavy (non-hydrogen) atoms. The van der Waals surface area contributed by atoms with Gasteiger partial charge >= 0.3 is 0 Å². The summed E-state index contributed by atoms with van der Waals surface area (Å²) >= 11 is 67.9. The SMILES string of the molecule is CC(C)N1CCN(S(=O)(=O)c2cc(C#N)ccc2Sc2cc(Cl)ccc2Cl)CC1.CC1CN(S(=O)(=O)c2cc(C#N)ccc2Sc2cc(Cl)ccc2Cl)CC(C)N1.CCC(CC)N1CCN(S(=O)(=O)c2cc(C#N)ccc2Sc2cc(Cl)ccc2Cl)CC1.N#Cc1ccc(Sc2cc(Cl)ccc2Cl)c(S(=O)(=O)N2CCN(C3CCCC3)CC2)c1.N#Cc1ccc(Sc2cc(Cl)ccc2Cl)c(S(=O)(=O)N2CCNCC2)c1. The Morgan fingerprint density at radius 1 is 0.317 bits per heavy atom. The van der Waals surface area contributed by atoms with Gasteiger partial charge in [-0.1, -0.05) is 202 Å². The van der Waals surface area contributed by atoms with Crippen LogP contribution in [0.15, 0.2) is 255 Å². The summed E-state index contributed by atoms with van der Waals surface area (Å²) in [7, 11) is -18.8. The fourth-order valence-corrected chi connectivity index (χ4v) is 33.7. The normalized spacial score (nSPS) is 17.4. The van der Waals surface area contributed by atoms with Crippen LogP contribution in [0.1, 0.15) is 108 Å². The molecule has 10 aromatic carbocycles. The largest absolute Gasteiger partial charge is 0.314 e. The third-order valence-corrected chi connectivity index (χ3v) is 43.8. The molecule has 1 saturated carbocycles. The third kappa shape index (κ3) is 30.8. The zero-order valence-corrected chi connectivity index (χ0v) is 95.2. The molecule has 25 nitrogen and oxygen atoms in total. The van der Waals surface area contributed by atoms with E-state index in [1.807, 2.05) is 38.1 Å². The number of nitriles is 5. The molecule has 6 fully saturated rings. The van der Waals surface area contributed by atoms with Gasteiger partial charge in [0, 0.05) is 222 Å². The van der Waals surface area contributed by atoms with Crippen LogP contribution in [0.2, 0.25) is 50.2 Å². The third-order valence-electron chi connectivity index (χ3n) is 24.5. The number of benzene rings is 10. The standard InChI is InChI=1S/C22H23Cl2N3O2S2.C22H25Cl2N3O2S2.C20H21Cl2N3O2S2.C19H19Cl2N3O2S2.C17H15Cl2N3O2S2/c23-17-6-7-19(24)21(14-17)30-20-8-5-16(15-25)13-22(20)31(28,29)27-11-9-26(10-12-27)18-3-1-2-4-18;1-3-18(4-2)26-9-11-27(12-10-26)31(28,29)22-13-16(15-25)5-8-20(22)30-21-14-17(23)6-7-19(21)24;1-14(2)24-7-9-25(10-8-24)29(26,27)20-11-15(13-23)3-6-18(20)28-19-12-16(21)4-5-17(19)22;1-12-10-24(11-13(2)23-12)28(25,26)19-7-14(9-22)3-6-17(19)27-18-8-15(20)4-5-16(18)21;18-13-2-3-14(19)16(10-13)25-15-4-1-12(11-20)9-17(15)26(23,24)22-7-5-21-6-8-22/h5-8,13-14,18H,1-4,9-12H2;5-8,13-14,18H,3-4,9-12H2,1-2H3;3-6,11-12,14H,7-10H2,1-2H3;3-8,12-13,23H,10-11H2,1-2H3;1-4,9-10,21H,5-8H2. The lowest BCUT2D eigenvalue weighted by atomic mass is 10.1. The van der Waals surface area contributed by atoms with Crippen molar-refractivity contribution in [3.05, 3.63) is 260 Å². The first kappa shape index (κ1) is 117. The van der Waals surface area contributed by atoms with E-state index >= 15 is 0 Å². The molecule has 5 aliphatic heterocycles. The van der Waals surface area contributed by atoms with Gasteiger partial charge in [-0.3, -0.25) is 14.7 Å². The van der Waals surface area contributed by atoms with Gasteiger partial charge in [-0.05, 0) is 235 Å². The summed E-state index contributed by atoms with van der Waals surface area (Å²) in [5.41, 5.74) is 1.49. The molecule has 768 valence electrons. The number of sulfonamides is 5. The fraction of sp³-hybridized carbons (Fsp3) is 0.350. The van der Waals surface area contributed by atoms with Crippen molar-refractivity contribution in [2.45, 2.75) is 184 Å². The molecule has 16 rings (SSSR count). The van der Waals surface area contributed by atoms with E-state index in [9.17, 15) is 68.4 Å². The van der Waals surface area contributed by atoms with Crippen molar-refractivity contribution < 1.29 is 42.1 Å². The van der Waals surface area contributed by atoms with E-state index in [0.29, 0.717) is 244 Å². The first-order chi connectivity index (χ1) is 69.0. The zero-order valence-electron chi connectivity index (χ0n) is 79.4. The highest BCUT2D eigenvalue weighted by Gasteiger charge is 2.40. The first-order valence-electron chi connectivity index (χ1n) is 46.1. The molecule has 1 aliphatic carbocycles. The summed E-state index contributed by atoms with van der Waals surface area (Å²) in [5, 5.41) is 57.9. The Morgan fingerprint density at radius 3 is 0.807 bits per heavy atom. The predicted molar refractivity (Wildman–Crippen MR) is 584 cm³/mol. The summed E-state index contributed by atoms with van der Waals surface area (Å²) in [5.74, 6) is 0. The molecule has 0 spiro atoms. The van der Waals surface area contributed by atoms with E-state index in [1.165, 1.54) is 132 Å². The minimum absolute atomic E-state index is 0.0381. The average Bonchev–Trinajstić information content (AvgIpc) is 1.58. The maximum absolute atomic E-state index is 13.6. The molecule has 5 saturated heterocycles. The molecule has 10 aromatic rings. The number of nitrogens with zero attached hydrogens (tertiary/aromatic N) is 13. The van der Waals surface area contributed by atoms with Crippen molar-refractivity contribution in [1.29, 1.82) is 26.3 Å². The van der Waals surface area contributed by atoms with Crippen LogP contribution >= 0.6 is 175 Å². The Hall–Kier alpha value is -6.35. The minimum Gasteiger partial charge on any atom is -0.314 e. The highest BCUT2D eigenvalue weighted by atomic mass is 35.5. The Morgan fingerprint density at radius 2 is 0.559 bits per heavy atom. The summed E-state index contributed by atoms with van der Waals surface area (Å²) in [6.07, 6.45) is 7.03. The number of hydrogen-bond acceptors (Lipinski definition) is 25. The van der Waals surface area contributed by atoms with Crippen molar-refractivity contribution in [3.8, 4) is 30.3 Å². The second-order valence-corrected chi connectivity index (χ2v) is 53.7. The summed E-state index contributed by atoms with van der Waals surface area (Å²) in [4.78, 5) is 13.5. The van der Waals surface area contributed by atoms with Gasteiger partial charge in [0.15, 0.2) is 0 Å². The lowest BCUT2D eigenvalue weighted by Gasteiger charge is -2.38. The van der Waals surface area contributed by atoms with Crippen molar-refractivity contribution >= 4 is 225 Å². The summed E-state index contributed by atoms with van der Waals surface area (Å²) in [6.45, 7) is 22.0. The number of nitrogens with one attached hydrogen (secondary N) is 2. The first-order valence-corrected chi connectivity index (χ1v) is 61.1. The van der Waals surface area contributed by atoms with Crippen molar-refractivity contribution in [1.82, 2.24) is 46.9 Å². The fourth-order valence-electron chi connectivity index (χ4n) is 16.9. The van der Waals surface area contributed by atoms with Crippen molar-refractivity contribution in [3.63, 3.8) is 0 Å². The van der Waals surface area contributed by atoms with E-state index in [4.69, 9.17) is 116 Å². The van der Waals surface area contributed by atoms with Gasteiger partial charge < -0.3 is 10.6 Å². The van der Waals surface area contributed by atoms with Gasteiger partial charge in [0.1, 0.15) is 0 Å². The molecule has 5 heterocycles. The molecule has 0 radical (unpaired) electrons. The smallest absolute Gasteiger partial charge is 0.244 e. The Bertz CT molecular complexity index is 7020. The Labute approximate surface area is 922 Å². The number of rotatable bonds is 25. The molecule has 0 bridgehead atoms. The van der Waals surface area contributed by atoms with Crippen LogP contribution in [0.25, 0.3) is 0 Å². The maximum Gasteiger partial charge on any atom is 0.244 e. The van der Waals surface area contributed by atoms with E-state index in [-0.39, 0.29) is 42.1 Å². The quantitative estimate of drug-likeness (QED) is 0.0537. The predicted octanol–water partition coefficient (Wildman–Crippen LogP) is 23.5. The van der Waals surface area contributed by atoms with Crippen LogP contribution < -0.4 is 10.6 Å². The minimum atomic E-state index is -3.79. The molecule has 0 amide bonds. The van der Waals surface area contributed by atoms with Crippen LogP contribution in [-0.2, 0) is 50.1 Å².